The average molecular weight is 251 g/mol. The summed E-state index contributed by atoms with van der Waals surface area (Å²) >= 11 is 0. The van der Waals surface area contributed by atoms with Gasteiger partial charge in [0.25, 0.3) is 0 Å². The zero-order valence-corrected chi connectivity index (χ0v) is 12.5. The normalized spacial score (nSPS) is 27.9. The Hall–Kier alpha value is -0.590. The Balaban J connectivity index is 2.60. The predicted octanol–water partition coefficient (Wildman–Crippen LogP) is 2.78. The fourth-order valence-corrected chi connectivity index (χ4v) is 3.23. The molecule has 0 heterocycles. The van der Waals surface area contributed by atoms with Crippen molar-refractivity contribution in [3.8, 4) is 6.07 Å². The molecule has 0 aromatic heterocycles. The summed E-state index contributed by atoms with van der Waals surface area (Å²) in [4.78, 5) is 2.45. The van der Waals surface area contributed by atoms with Crippen LogP contribution in [0.15, 0.2) is 0 Å². The van der Waals surface area contributed by atoms with E-state index >= 15 is 0 Å². The number of nitrogens with zero attached hydrogens (tertiary/aromatic N) is 2. The third-order valence-electron chi connectivity index (χ3n) is 4.25. The van der Waals surface area contributed by atoms with Crippen LogP contribution < -0.4 is 5.32 Å². The van der Waals surface area contributed by atoms with Crippen LogP contribution in [0.3, 0.4) is 0 Å². The van der Waals surface area contributed by atoms with Crippen LogP contribution in [0.5, 0.6) is 0 Å². The summed E-state index contributed by atoms with van der Waals surface area (Å²) in [5, 5.41) is 13.1. The molecule has 0 spiro atoms. The maximum atomic E-state index is 9.59. The van der Waals surface area contributed by atoms with Crippen molar-refractivity contribution in [2.75, 3.05) is 19.6 Å². The maximum Gasteiger partial charge on any atom is 0.109 e. The fraction of sp³-hybridized carbons (Fsp3) is 0.933. The van der Waals surface area contributed by atoms with Gasteiger partial charge in [0, 0.05) is 6.04 Å². The molecular weight excluding hydrogens is 222 g/mol. The molecule has 18 heavy (non-hydrogen) atoms. The molecule has 1 aliphatic carbocycles. The van der Waals surface area contributed by atoms with E-state index in [0.717, 1.165) is 32.5 Å². The van der Waals surface area contributed by atoms with Crippen molar-refractivity contribution in [2.24, 2.45) is 5.92 Å². The maximum absolute atomic E-state index is 9.59. The molecular formula is C15H29N3. The zero-order valence-electron chi connectivity index (χ0n) is 12.5. The van der Waals surface area contributed by atoms with Crippen LogP contribution >= 0.6 is 0 Å². The molecule has 0 aliphatic heterocycles. The van der Waals surface area contributed by atoms with Crippen molar-refractivity contribution < 1.29 is 0 Å². The first-order valence-electron chi connectivity index (χ1n) is 7.49. The highest BCUT2D eigenvalue weighted by Crippen LogP contribution is 2.38. The molecule has 1 aliphatic rings. The summed E-state index contributed by atoms with van der Waals surface area (Å²) in [6, 6.07) is 2.98. The topological polar surface area (TPSA) is 39.1 Å². The number of hydrogen-bond donors (Lipinski definition) is 1. The van der Waals surface area contributed by atoms with Gasteiger partial charge in [0.15, 0.2) is 0 Å². The van der Waals surface area contributed by atoms with Gasteiger partial charge in [0.2, 0.25) is 0 Å². The van der Waals surface area contributed by atoms with Gasteiger partial charge in [0.05, 0.1) is 6.07 Å². The van der Waals surface area contributed by atoms with Crippen LogP contribution in [-0.2, 0) is 0 Å². The molecule has 1 N–H and O–H groups in total. The number of rotatable bonds is 7. The Bertz CT molecular complexity index is 278. The van der Waals surface area contributed by atoms with E-state index in [0.29, 0.717) is 12.0 Å². The second-order valence-corrected chi connectivity index (χ2v) is 5.79. The Morgan fingerprint density at radius 2 is 2.06 bits per heavy atom. The second kappa shape index (κ2) is 7.11. The zero-order chi connectivity index (χ0) is 13.6. The quantitative estimate of drug-likeness (QED) is 0.756. The first-order chi connectivity index (χ1) is 8.57. The molecule has 1 rings (SSSR count). The Morgan fingerprint density at radius 3 is 2.56 bits per heavy atom. The summed E-state index contributed by atoms with van der Waals surface area (Å²) in [5.74, 6) is 0.519. The predicted molar refractivity (Wildman–Crippen MR) is 76.4 cm³/mol. The highest BCUT2D eigenvalue weighted by atomic mass is 15.1. The standard InChI is InChI=1S/C15H29N3/c1-5-18(6-2)11-9-14-8-7-10-15(14,12-16)17-13(3)4/h13-14,17H,5-11H2,1-4H3. The van der Waals surface area contributed by atoms with Crippen molar-refractivity contribution in [3.63, 3.8) is 0 Å². The van der Waals surface area contributed by atoms with E-state index in [2.05, 4.69) is 44.0 Å². The number of nitrogens with one attached hydrogen (secondary N) is 1. The first kappa shape index (κ1) is 15.5. The lowest BCUT2D eigenvalue weighted by Gasteiger charge is -2.33. The van der Waals surface area contributed by atoms with E-state index in [9.17, 15) is 5.26 Å². The van der Waals surface area contributed by atoms with Crippen LogP contribution in [0.4, 0.5) is 0 Å². The van der Waals surface area contributed by atoms with Crippen LogP contribution in [0.25, 0.3) is 0 Å². The van der Waals surface area contributed by atoms with Crippen LogP contribution in [0.1, 0.15) is 53.4 Å². The number of nitriles is 1. The van der Waals surface area contributed by atoms with Gasteiger partial charge >= 0.3 is 0 Å². The molecule has 0 amide bonds. The third kappa shape index (κ3) is 3.70. The molecule has 2 unspecified atom stereocenters. The lowest BCUT2D eigenvalue weighted by atomic mass is 9.85. The van der Waals surface area contributed by atoms with Crippen LogP contribution in [0.2, 0.25) is 0 Å². The van der Waals surface area contributed by atoms with Crippen molar-refractivity contribution in [1.82, 2.24) is 10.2 Å². The largest absolute Gasteiger partial charge is 0.304 e. The van der Waals surface area contributed by atoms with Crippen LogP contribution in [0, 0.1) is 17.2 Å². The van der Waals surface area contributed by atoms with Gasteiger partial charge < -0.3 is 4.90 Å². The summed E-state index contributed by atoms with van der Waals surface area (Å²) < 4.78 is 0. The first-order valence-corrected chi connectivity index (χ1v) is 7.49. The van der Waals surface area contributed by atoms with E-state index in [1.807, 2.05) is 0 Å². The van der Waals surface area contributed by atoms with Gasteiger partial charge in [-0.1, -0.05) is 20.3 Å². The molecule has 3 nitrogen and oxygen atoms in total. The summed E-state index contributed by atoms with van der Waals surface area (Å²) in [5.41, 5.74) is -0.263. The minimum absolute atomic E-state index is 0.263. The third-order valence-corrected chi connectivity index (χ3v) is 4.25. The van der Waals surface area contributed by atoms with Gasteiger partial charge in [-0.25, -0.2) is 0 Å². The van der Waals surface area contributed by atoms with E-state index in [4.69, 9.17) is 0 Å². The highest BCUT2D eigenvalue weighted by Gasteiger charge is 2.43. The van der Waals surface area contributed by atoms with Crippen molar-refractivity contribution in [1.29, 1.82) is 5.26 Å². The van der Waals surface area contributed by atoms with Gasteiger partial charge in [-0.15, -0.1) is 0 Å². The molecule has 1 fully saturated rings. The molecule has 3 heteroatoms. The summed E-state index contributed by atoms with van der Waals surface area (Å²) in [6.07, 6.45) is 4.56. The van der Waals surface area contributed by atoms with Gasteiger partial charge in [0.1, 0.15) is 5.54 Å². The fourth-order valence-electron chi connectivity index (χ4n) is 3.23. The summed E-state index contributed by atoms with van der Waals surface area (Å²) in [7, 11) is 0. The van der Waals surface area contributed by atoms with Gasteiger partial charge in [-0.05, 0) is 58.7 Å². The second-order valence-electron chi connectivity index (χ2n) is 5.79. The molecule has 2 atom stereocenters. The van der Waals surface area contributed by atoms with Crippen molar-refractivity contribution in [3.05, 3.63) is 0 Å². The van der Waals surface area contributed by atoms with Gasteiger partial charge in [-0.3, -0.25) is 5.32 Å². The smallest absolute Gasteiger partial charge is 0.109 e. The molecule has 0 bridgehead atoms. The lowest BCUT2D eigenvalue weighted by Crippen LogP contribution is -2.50. The molecule has 0 aromatic carbocycles. The lowest BCUT2D eigenvalue weighted by molar-refractivity contribution is 0.229. The molecule has 0 radical (unpaired) electrons. The summed E-state index contributed by atoms with van der Waals surface area (Å²) in [6.45, 7) is 12.0. The van der Waals surface area contributed by atoms with E-state index in [1.54, 1.807) is 0 Å². The highest BCUT2D eigenvalue weighted by molar-refractivity contribution is 5.14. The molecule has 1 saturated carbocycles. The minimum atomic E-state index is -0.263. The SMILES string of the molecule is CCN(CC)CCC1CCCC1(C#N)NC(C)C. The van der Waals surface area contributed by atoms with E-state index < -0.39 is 0 Å². The molecule has 0 saturated heterocycles. The van der Waals surface area contributed by atoms with E-state index in [1.165, 1.54) is 12.8 Å². The Morgan fingerprint density at radius 1 is 1.39 bits per heavy atom. The average Bonchev–Trinajstić information content (AvgIpc) is 2.73. The van der Waals surface area contributed by atoms with Gasteiger partial charge in [-0.2, -0.15) is 5.26 Å². The number of hydrogen-bond acceptors (Lipinski definition) is 3. The Labute approximate surface area is 113 Å². The van der Waals surface area contributed by atoms with E-state index in [-0.39, 0.29) is 5.54 Å². The van der Waals surface area contributed by atoms with Crippen molar-refractivity contribution >= 4 is 0 Å². The van der Waals surface area contributed by atoms with Crippen molar-refractivity contribution in [2.45, 2.75) is 65.0 Å². The molecule has 0 aromatic rings. The Kier molecular flexibility index (Phi) is 6.11. The monoisotopic (exact) mass is 251 g/mol. The van der Waals surface area contributed by atoms with Crippen LogP contribution in [-0.4, -0.2) is 36.1 Å². The minimum Gasteiger partial charge on any atom is -0.304 e. The molecule has 104 valence electrons.